The van der Waals surface area contributed by atoms with Crippen molar-refractivity contribution in [1.82, 2.24) is 9.88 Å². The zero-order valence-corrected chi connectivity index (χ0v) is 11.4. The van der Waals surface area contributed by atoms with Gasteiger partial charge in [0.2, 0.25) is 0 Å². The molecule has 0 aliphatic heterocycles. The minimum atomic E-state index is -0.254. The lowest BCUT2D eigenvalue weighted by Gasteiger charge is -2.05. The molecule has 0 unspecified atom stereocenters. The minimum Gasteiger partial charge on any atom is -0.348 e. The van der Waals surface area contributed by atoms with Crippen LogP contribution in [0.3, 0.4) is 0 Å². The van der Waals surface area contributed by atoms with E-state index >= 15 is 0 Å². The number of nitrogens with one attached hydrogen (secondary N) is 1. The highest BCUT2D eigenvalue weighted by atomic mass is 19.1. The van der Waals surface area contributed by atoms with E-state index in [1.54, 1.807) is 12.1 Å². The first kappa shape index (κ1) is 12.9. The molecule has 0 bridgehead atoms. The van der Waals surface area contributed by atoms with E-state index < -0.39 is 0 Å². The van der Waals surface area contributed by atoms with Crippen LogP contribution in [0.25, 0.3) is 11.1 Å². The normalized spacial score (nSPS) is 14.3. The van der Waals surface area contributed by atoms with Crippen LogP contribution in [0.2, 0.25) is 0 Å². The number of amides is 1. The second-order valence-corrected chi connectivity index (χ2v) is 5.15. The Morgan fingerprint density at radius 1 is 1.30 bits per heavy atom. The molecular weight excluding hydrogens is 255 g/mol. The molecule has 2 aromatic rings. The predicted molar refractivity (Wildman–Crippen MR) is 76.0 cm³/mol. The second-order valence-electron chi connectivity index (χ2n) is 5.15. The monoisotopic (exact) mass is 272 g/mol. The van der Waals surface area contributed by atoms with Gasteiger partial charge in [-0.05, 0) is 43.5 Å². The maximum absolute atomic E-state index is 13.0. The van der Waals surface area contributed by atoms with Gasteiger partial charge in [0.25, 0.3) is 5.91 Å². The van der Waals surface area contributed by atoms with Crippen molar-refractivity contribution in [2.45, 2.75) is 32.4 Å². The number of carbonyl (C=O) groups excluding carboxylic acids is 1. The predicted octanol–water partition coefficient (Wildman–Crippen LogP) is 3.21. The van der Waals surface area contributed by atoms with Crippen LogP contribution < -0.4 is 5.32 Å². The number of halogens is 1. The number of aromatic nitrogens is 1. The summed E-state index contributed by atoms with van der Waals surface area (Å²) >= 11 is 0. The Kier molecular flexibility index (Phi) is 3.30. The first-order chi connectivity index (χ1) is 9.67. The van der Waals surface area contributed by atoms with Crippen molar-refractivity contribution >= 4 is 5.91 Å². The average molecular weight is 272 g/mol. The maximum atomic E-state index is 13.0. The van der Waals surface area contributed by atoms with Crippen LogP contribution in [0, 0.1) is 5.82 Å². The van der Waals surface area contributed by atoms with E-state index in [9.17, 15) is 9.18 Å². The van der Waals surface area contributed by atoms with Gasteiger partial charge in [-0.25, -0.2) is 4.39 Å². The smallest absolute Gasteiger partial charge is 0.268 e. The molecule has 1 saturated carbocycles. The van der Waals surface area contributed by atoms with Gasteiger partial charge in [0.1, 0.15) is 11.5 Å². The summed E-state index contributed by atoms with van der Waals surface area (Å²) in [7, 11) is 0. The van der Waals surface area contributed by atoms with Crippen molar-refractivity contribution in [2.24, 2.45) is 0 Å². The van der Waals surface area contributed by atoms with Gasteiger partial charge in [-0.15, -0.1) is 0 Å². The molecule has 3 nitrogen and oxygen atoms in total. The molecule has 1 aromatic carbocycles. The highest BCUT2D eigenvalue weighted by Gasteiger charge is 2.25. The Labute approximate surface area is 117 Å². The Morgan fingerprint density at radius 3 is 2.60 bits per heavy atom. The quantitative estimate of drug-likeness (QED) is 0.911. The van der Waals surface area contributed by atoms with E-state index in [4.69, 9.17) is 0 Å². The molecule has 0 saturated heterocycles. The standard InChI is InChI=1S/C16H17FN2O/c1-2-19-10-12(11-3-5-13(17)6-4-11)9-15(19)16(20)18-14-7-8-14/h3-6,9-10,14H,2,7-8H2,1H3,(H,18,20). The van der Waals surface area contributed by atoms with Gasteiger partial charge in [-0.3, -0.25) is 4.79 Å². The minimum absolute atomic E-state index is 0.0253. The van der Waals surface area contributed by atoms with E-state index in [-0.39, 0.29) is 11.7 Å². The molecule has 1 fully saturated rings. The second kappa shape index (κ2) is 5.12. The molecule has 1 N–H and O–H groups in total. The number of benzene rings is 1. The Balaban J connectivity index is 1.90. The van der Waals surface area contributed by atoms with Crippen LogP contribution in [0.4, 0.5) is 4.39 Å². The van der Waals surface area contributed by atoms with Crippen LogP contribution in [0.15, 0.2) is 36.5 Å². The number of hydrogen-bond donors (Lipinski definition) is 1. The highest BCUT2D eigenvalue weighted by molar-refractivity contribution is 5.94. The van der Waals surface area contributed by atoms with Crippen LogP contribution >= 0.6 is 0 Å². The van der Waals surface area contributed by atoms with Crippen molar-refractivity contribution in [3.63, 3.8) is 0 Å². The fourth-order valence-corrected chi connectivity index (χ4v) is 2.25. The van der Waals surface area contributed by atoms with E-state index in [0.29, 0.717) is 11.7 Å². The third-order valence-corrected chi connectivity index (χ3v) is 3.56. The summed E-state index contributed by atoms with van der Waals surface area (Å²) in [6, 6.07) is 8.54. The van der Waals surface area contributed by atoms with E-state index in [1.807, 2.05) is 23.8 Å². The van der Waals surface area contributed by atoms with Crippen LogP contribution in [-0.2, 0) is 6.54 Å². The fourth-order valence-electron chi connectivity index (χ4n) is 2.25. The maximum Gasteiger partial charge on any atom is 0.268 e. The Hall–Kier alpha value is -2.10. The molecule has 3 rings (SSSR count). The number of rotatable bonds is 4. The van der Waals surface area contributed by atoms with Gasteiger partial charge in [-0.1, -0.05) is 12.1 Å². The van der Waals surface area contributed by atoms with Crippen LogP contribution in [0.1, 0.15) is 30.3 Å². The molecule has 4 heteroatoms. The molecule has 0 radical (unpaired) electrons. The summed E-state index contributed by atoms with van der Waals surface area (Å²) < 4.78 is 14.9. The third-order valence-electron chi connectivity index (χ3n) is 3.56. The molecule has 1 aliphatic carbocycles. The van der Waals surface area contributed by atoms with E-state index in [0.717, 1.165) is 30.5 Å². The van der Waals surface area contributed by atoms with Crippen molar-refractivity contribution in [3.8, 4) is 11.1 Å². The zero-order chi connectivity index (χ0) is 14.1. The van der Waals surface area contributed by atoms with Crippen LogP contribution in [0.5, 0.6) is 0 Å². The lowest BCUT2D eigenvalue weighted by atomic mass is 10.1. The Bertz CT molecular complexity index is 626. The van der Waals surface area contributed by atoms with Crippen LogP contribution in [-0.4, -0.2) is 16.5 Å². The number of carbonyl (C=O) groups is 1. The number of nitrogens with zero attached hydrogens (tertiary/aromatic N) is 1. The molecule has 1 heterocycles. The van der Waals surface area contributed by atoms with Crippen molar-refractivity contribution in [2.75, 3.05) is 0 Å². The van der Waals surface area contributed by atoms with Crippen molar-refractivity contribution in [1.29, 1.82) is 0 Å². The summed E-state index contributed by atoms with van der Waals surface area (Å²) in [4.78, 5) is 12.2. The summed E-state index contributed by atoms with van der Waals surface area (Å²) in [5.74, 6) is -0.280. The molecule has 104 valence electrons. The first-order valence-corrected chi connectivity index (χ1v) is 6.94. The first-order valence-electron chi connectivity index (χ1n) is 6.94. The SMILES string of the molecule is CCn1cc(-c2ccc(F)cc2)cc1C(=O)NC1CC1. The molecule has 1 aliphatic rings. The third kappa shape index (κ3) is 2.59. The lowest BCUT2D eigenvalue weighted by Crippen LogP contribution is -2.27. The van der Waals surface area contributed by atoms with Gasteiger partial charge in [0.15, 0.2) is 0 Å². The van der Waals surface area contributed by atoms with Gasteiger partial charge < -0.3 is 9.88 Å². The molecule has 1 amide bonds. The van der Waals surface area contributed by atoms with E-state index in [2.05, 4.69) is 5.32 Å². The van der Waals surface area contributed by atoms with Gasteiger partial charge in [-0.2, -0.15) is 0 Å². The van der Waals surface area contributed by atoms with E-state index in [1.165, 1.54) is 12.1 Å². The highest BCUT2D eigenvalue weighted by Crippen LogP contribution is 2.24. The summed E-state index contributed by atoms with van der Waals surface area (Å²) in [5.41, 5.74) is 2.52. The molecule has 0 spiro atoms. The molecule has 20 heavy (non-hydrogen) atoms. The van der Waals surface area contributed by atoms with Gasteiger partial charge in [0, 0.05) is 24.3 Å². The van der Waals surface area contributed by atoms with Crippen molar-refractivity contribution in [3.05, 3.63) is 48.0 Å². The number of aryl methyl sites for hydroxylation is 1. The van der Waals surface area contributed by atoms with Gasteiger partial charge >= 0.3 is 0 Å². The largest absolute Gasteiger partial charge is 0.348 e. The number of hydrogen-bond acceptors (Lipinski definition) is 1. The fraction of sp³-hybridized carbons (Fsp3) is 0.312. The summed E-state index contributed by atoms with van der Waals surface area (Å²) in [6.45, 7) is 2.73. The molecular formula is C16H17FN2O. The molecule has 0 atom stereocenters. The van der Waals surface area contributed by atoms with Gasteiger partial charge in [0.05, 0.1) is 0 Å². The summed E-state index contributed by atoms with van der Waals surface area (Å²) in [6.07, 6.45) is 4.09. The average Bonchev–Trinajstić information content (AvgIpc) is 3.15. The van der Waals surface area contributed by atoms with Crippen molar-refractivity contribution < 1.29 is 9.18 Å². The topological polar surface area (TPSA) is 34.0 Å². The zero-order valence-electron chi connectivity index (χ0n) is 11.4. The molecule has 1 aromatic heterocycles. The lowest BCUT2D eigenvalue weighted by molar-refractivity contribution is 0.0942. The summed E-state index contributed by atoms with van der Waals surface area (Å²) in [5, 5.41) is 3.00. The Morgan fingerprint density at radius 2 is 2.00 bits per heavy atom.